The van der Waals surface area contributed by atoms with Crippen LogP contribution in [0.15, 0.2) is 0 Å². The number of hydrogen-bond acceptors (Lipinski definition) is 2. The van der Waals surface area contributed by atoms with E-state index in [9.17, 15) is 0 Å². The largest absolute Gasteiger partial charge is 0.301 e. The molecule has 1 nitrogen and oxygen atoms in total. The highest BCUT2D eigenvalue weighted by Gasteiger charge is 2.13. The first-order chi connectivity index (χ1) is 3.43. The summed E-state index contributed by atoms with van der Waals surface area (Å²) in [7, 11) is 0. The molecule has 0 aliphatic carbocycles. The maximum atomic E-state index is 5.04. The molecule has 0 aromatic rings. The Bertz CT molecular complexity index is 53.7. The molecule has 1 fully saturated rings. The molecule has 1 aliphatic rings. The number of hydrogen-bond donors (Lipinski definition) is 0. The Morgan fingerprint density at radius 2 is 2.57 bits per heavy atom. The molecule has 1 heterocycles. The molecule has 7 heavy (non-hydrogen) atoms. The summed E-state index contributed by atoms with van der Waals surface area (Å²) in [6, 6.07) is 0. The van der Waals surface area contributed by atoms with Crippen LogP contribution in [0.2, 0.25) is 0 Å². The average Bonchev–Trinajstić information content (AvgIpc) is 2.14. The smallest absolute Gasteiger partial charge is 0.115 e. The Morgan fingerprint density at radius 3 is 2.86 bits per heavy atom. The lowest BCUT2D eigenvalue weighted by Gasteiger charge is -1.98. The third-order valence-electron chi connectivity index (χ3n) is 0.987. The van der Waals surface area contributed by atoms with Crippen molar-refractivity contribution in [1.29, 1.82) is 0 Å². The van der Waals surface area contributed by atoms with Crippen molar-refractivity contribution in [3.8, 4) is 0 Å². The summed E-state index contributed by atoms with van der Waals surface area (Å²) < 4.78 is 5.04. The van der Waals surface area contributed by atoms with E-state index in [-0.39, 0.29) is 0 Å². The molecule has 1 saturated heterocycles. The second-order valence-corrected chi connectivity index (χ2v) is 3.31. The van der Waals surface area contributed by atoms with E-state index in [1.165, 1.54) is 18.6 Å². The predicted octanol–water partition coefficient (Wildman–Crippen LogP) is 2.21. The van der Waals surface area contributed by atoms with E-state index in [1.54, 1.807) is 0 Å². The standard InChI is InChI=1S/C4H7IOS/c5-6-4-2-1-3-7-4/h4H,1-3H2. The average molecular weight is 230 g/mol. The summed E-state index contributed by atoms with van der Waals surface area (Å²) in [5.74, 6) is 1.29. The van der Waals surface area contributed by atoms with E-state index in [0.717, 1.165) is 0 Å². The summed E-state index contributed by atoms with van der Waals surface area (Å²) in [6.45, 7) is 0. The third-order valence-corrected chi connectivity index (χ3v) is 3.17. The molecular weight excluding hydrogens is 223 g/mol. The van der Waals surface area contributed by atoms with Gasteiger partial charge in [-0.2, -0.15) is 0 Å². The van der Waals surface area contributed by atoms with Gasteiger partial charge in [-0.1, -0.05) is 0 Å². The number of halogens is 1. The summed E-state index contributed by atoms with van der Waals surface area (Å²) in [5.41, 5.74) is 0.501. The van der Waals surface area contributed by atoms with Gasteiger partial charge in [-0.25, -0.2) is 0 Å². The molecule has 0 saturated carbocycles. The van der Waals surface area contributed by atoms with Crippen LogP contribution in [-0.4, -0.2) is 11.2 Å². The first-order valence-electron chi connectivity index (χ1n) is 2.32. The number of thioether (sulfide) groups is 1. The van der Waals surface area contributed by atoms with Gasteiger partial charge in [0.1, 0.15) is 28.4 Å². The van der Waals surface area contributed by atoms with Gasteiger partial charge < -0.3 is 3.07 Å². The lowest BCUT2D eigenvalue weighted by molar-refractivity contribution is 0.383. The highest BCUT2D eigenvalue weighted by molar-refractivity contribution is 14.1. The van der Waals surface area contributed by atoms with Gasteiger partial charge in [0.05, 0.1) is 0 Å². The quantitative estimate of drug-likeness (QED) is 0.638. The lowest BCUT2D eigenvalue weighted by atomic mass is 10.4. The molecule has 0 spiro atoms. The van der Waals surface area contributed by atoms with Crippen LogP contribution in [0.3, 0.4) is 0 Å². The highest BCUT2D eigenvalue weighted by atomic mass is 127. The molecule has 0 N–H and O–H groups in total. The van der Waals surface area contributed by atoms with E-state index in [1.807, 2.05) is 34.8 Å². The second-order valence-electron chi connectivity index (χ2n) is 1.53. The van der Waals surface area contributed by atoms with Gasteiger partial charge in [-0.05, 0) is 18.6 Å². The Labute approximate surface area is 61.9 Å². The SMILES string of the molecule is IOC1CCCS1. The minimum absolute atomic E-state index is 0.501. The van der Waals surface area contributed by atoms with Crippen molar-refractivity contribution in [2.24, 2.45) is 0 Å². The summed E-state index contributed by atoms with van der Waals surface area (Å²) in [4.78, 5) is 0. The van der Waals surface area contributed by atoms with Crippen LogP contribution < -0.4 is 0 Å². The van der Waals surface area contributed by atoms with Crippen LogP contribution in [-0.2, 0) is 3.07 Å². The van der Waals surface area contributed by atoms with E-state index in [0.29, 0.717) is 5.44 Å². The van der Waals surface area contributed by atoms with Gasteiger partial charge in [0.15, 0.2) is 0 Å². The minimum Gasteiger partial charge on any atom is -0.301 e. The van der Waals surface area contributed by atoms with Crippen molar-refractivity contribution >= 4 is 34.8 Å². The molecule has 0 radical (unpaired) electrons. The van der Waals surface area contributed by atoms with Crippen molar-refractivity contribution in [2.45, 2.75) is 18.3 Å². The van der Waals surface area contributed by atoms with Gasteiger partial charge in [0.25, 0.3) is 0 Å². The van der Waals surface area contributed by atoms with Gasteiger partial charge in [-0.15, -0.1) is 11.8 Å². The second kappa shape index (κ2) is 3.14. The van der Waals surface area contributed by atoms with Crippen LogP contribution in [0, 0.1) is 0 Å². The van der Waals surface area contributed by atoms with Crippen molar-refractivity contribution < 1.29 is 3.07 Å². The van der Waals surface area contributed by atoms with Crippen LogP contribution in [0.25, 0.3) is 0 Å². The van der Waals surface area contributed by atoms with E-state index in [2.05, 4.69) is 0 Å². The zero-order valence-electron chi connectivity index (χ0n) is 3.89. The zero-order valence-corrected chi connectivity index (χ0v) is 6.87. The van der Waals surface area contributed by atoms with Crippen LogP contribution in [0.5, 0.6) is 0 Å². The first-order valence-corrected chi connectivity index (χ1v) is 4.25. The molecule has 0 aromatic heterocycles. The van der Waals surface area contributed by atoms with E-state index >= 15 is 0 Å². The highest BCUT2D eigenvalue weighted by Crippen LogP contribution is 2.28. The molecule has 1 rings (SSSR count). The molecule has 1 unspecified atom stereocenters. The van der Waals surface area contributed by atoms with Gasteiger partial charge in [0.2, 0.25) is 0 Å². The fourth-order valence-electron chi connectivity index (χ4n) is 0.618. The van der Waals surface area contributed by atoms with E-state index < -0.39 is 0 Å². The maximum absolute atomic E-state index is 5.04. The van der Waals surface area contributed by atoms with Gasteiger partial charge >= 0.3 is 0 Å². The molecule has 0 aromatic carbocycles. The first kappa shape index (κ1) is 6.16. The minimum atomic E-state index is 0.501. The van der Waals surface area contributed by atoms with Crippen LogP contribution >= 0.6 is 34.8 Å². The summed E-state index contributed by atoms with van der Waals surface area (Å²) in [5, 5.41) is 0. The maximum Gasteiger partial charge on any atom is 0.115 e. The van der Waals surface area contributed by atoms with Crippen molar-refractivity contribution in [2.75, 3.05) is 5.75 Å². The summed E-state index contributed by atoms with van der Waals surface area (Å²) >= 11 is 3.88. The lowest BCUT2D eigenvalue weighted by Crippen LogP contribution is -1.91. The Kier molecular flexibility index (Phi) is 2.77. The van der Waals surface area contributed by atoms with Crippen LogP contribution in [0.4, 0.5) is 0 Å². The van der Waals surface area contributed by atoms with Crippen LogP contribution in [0.1, 0.15) is 12.8 Å². The van der Waals surface area contributed by atoms with Crippen molar-refractivity contribution in [3.63, 3.8) is 0 Å². The monoisotopic (exact) mass is 230 g/mol. The number of rotatable bonds is 1. The van der Waals surface area contributed by atoms with Gasteiger partial charge in [-0.3, -0.25) is 0 Å². The normalized spacial score (nSPS) is 31.3. The van der Waals surface area contributed by atoms with Crippen molar-refractivity contribution in [1.82, 2.24) is 0 Å². The molecule has 1 aliphatic heterocycles. The van der Waals surface area contributed by atoms with E-state index in [4.69, 9.17) is 3.07 Å². The molecule has 42 valence electrons. The third kappa shape index (κ3) is 1.77. The Balaban J connectivity index is 2.14. The molecule has 0 bridgehead atoms. The molecular formula is C4H7IOS. The Morgan fingerprint density at radius 1 is 1.71 bits per heavy atom. The topological polar surface area (TPSA) is 9.23 Å². The predicted molar refractivity (Wildman–Crippen MR) is 40.6 cm³/mol. The Hall–Kier alpha value is 1.04. The van der Waals surface area contributed by atoms with Gasteiger partial charge in [0, 0.05) is 0 Å². The fraction of sp³-hybridized carbons (Fsp3) is 1.00. The molecule has 3 heteroatoms. The zero-order chi connectivity index (χ0) is 5.11. The van der Waals surface area contributed by atoms with Crippen molar-refractivity contribution in [3.05, 3.63) is 0 Å². The molecule has 1 atom stereocenters. The molecule has 0 amide bonds. The summed E-state index contributed by atoms with van der Waals surface area (Å²) in [6.07, 6.45) is 2.58. The fourth-order valence-corrected chi connectivity index (χ4v) is 2.29.